The van der Waals surface area contributed by atoms with Crippen molar-refractivity contribution in [3.63, 3.8) is 0 Å². The number of rotatable bonds is 5. The zero-order valence-corrected chi connectivity index (χ0v) is 13.2. The van der Waals surface area contributed by atoms with Gasteiger partial charge in [-0.25, -0.2) is 4.98 Å². The second-order valence-corrected chi connectivity index (χ2v) is 6.26. The minimum atomic E-state index is -0.192. The number of hydrogen-bond donors (Lipinski definition) is 1. The Bertz CT molecular complexity index is 671. The largest absolute Gasteiger partial charge is 0.376 e. The molecule has 1 N–H and O–H groups in total. The number of anilines is 1. The van der Waals surface area contributed by atoms with Crippen molar-refractivity contribution in [2.24, 2.45) is 0 Å². The number of nitrogens with zero attached hydrogens (tertiary/aromatic N) is 3. The van der Waals surface area contributed by atoms with Crippen molar-refractivity contribution in [1.29, 1.82) is 0 Å². The Morgan fingerprint density at radius 2 is 2.55 bits per heavy atom. The number of ether oxygens (including phenoxy) is 1. The molecule has 1 fully saturated rings. The summed E-state index contributed by atoms with van der Waals surface area (Å²) in [4.78, 5) is 16.1. The molecular weight excluding hydrogens is 300 g/mol. The van der Waals surface area contributed by atoms with Crippen LogP contribution in [0.15, 0.2) is 23.8 Å². The van der Waals surface area contributed by atoms with Crippen LogP contribution < -0.4 is 5.32 Å². The summed E-state index contributed by atoms with van der Waals surface area (Å²) < 4.78 is 7.38. The fraction of sp³-hybridized carbons (Fsp3) is 0.400. The smallest absolute Gasteiger partial charge is 0.248 e. The highest BCUT2D eigenvalue weighted by atomic mass is 32.1. The molecule has 0 aromatic carbocycles. The third-order valence-electron chi connectivity index (χ3n) is 3.36. The second kappa shape index (κ2) is 6.85. The van der Waals surface area contributed by atoms with Gasteiger partial charge in [-0.15, -0.1) is 11.3 Å². The van der Waals surface area contributed by atoms with Gasteiger partial charge in [-0.3, -0.25) is 9.48 Å². The Kier molecular flexibility index (Phi) is 4.65. The van der Waals surface area contributed by atoms with E-state index in [1.807, 2.05) is 18.5 Å². The molecule has 0 aliphatic carbocycles. The van der Waals surface area contributed by atoms with Gasteiger partial charge in [0.25, 0.3) is 0 Å². The van der Waals surface area contributed by atoms with Crippen LogP contribution in [0.3, 0.4) is 0 Å². The van der Waals surface area contributed by atoms with Crippen molar-refractivity contribution in [2.45, 2.75) is 32.4 Å². The number of aryl methyl sites for hydroxylation is 1. The van der Waals surface area contributed by atoms with Crippen LogP contribution in [0, 0.1) is 6.92 Å². The average Bonchev–Trinajstić information content (AvgIpc) is 3.21. The van der Waals surface area contributed by atoms with E-state index in [2.05, 4.69) is 15.4 Å². The van der Waals surface area contributed by atoms with Gasteiger partial charge in [0.2, 0.25) is 5.91 Å². The number of carbonyl (C=O) groups is 1. The molecule has 1 saturated heterocycles. The van der Waals surface area contributed by atoms with E-state index >= 15 is 0 Å². The van der Waals surface area contributed by atoms with Crippen molar-refractivity contribution in [1.82, 2.24) is 14.8 Å². The molecule has 1 unspecified atom stereocenters. The van der Waals surface area contributed by atoms with Crippen LogP contribution in [-0.2, 0) is 16.1 Å². The summed E-state index contributed by atoms with van der Waals surface area (Å²) in [6, 6.07) is 0. The van der Waals surface area contributed by atoms with Gasteiger partial charge in [0, 0.05) is 24.3 Å². The number of nitrogens with one attached hydrogen (secondary N) is 1. The van der Waals surface area contributed by atoms with Crippen LogP contribution in [0.5, 0.6) is 0 Å². The highest BCUT2D eigenvalue weighted by Gasteiger charge is 2.16. The zero-order valence-electron chi connectivity index (χ0n) is 12.4. The van der Waals surface area contributed by atoms with E-state index in [4.69, 9.17) is 4.74 Å². The van der Waals surface area contributed by atoms with Crippen molar-refractivity contribution >= 4 is 29.0 Å². The molecule has 0 radical (unpaired) electrons. The molecule has 22 heavy (non-hydrogen) atoms. The minimum Gasteiger partial charge on any atom is -0.376 e. The van der Waals surface area contributed by atoms with Gasteiger partial charge in [-0.1, -0.05) is 0 Å². The molecule has 2 aromatic rings. The van der Waals surface area contributed by atoms with Crippen molar-refractivity contribution in [2.75, 3.05) is 11.9 Å². The Hall–Kier alpha value is -1.99. The number of amides is 1. The molecule has 1 aliphatic rings. The van der Waals surface area contributed by atoms with Crippen LogP contribution in [0.4, 0.5) is 5.69 Å². The fourth-order valence-electron chi connectivity index (χ4n) is 2.33. The summed E-state index contributed by atoms with van der Waals surface area (Å²) in [5.41, 5.74) is 1.48. The lowest BCUT2D eigenvalue weighted by atomic mass is 10.2. The first-order chi connectivity index (χ1) is 10.7. The lowest BCUT2D eigenvalue weighted by Crippen LogP contribution is -2.15. The van der Waals surface area contributed by atoms with E-state index in [-0.39, 0.29) is 12.0 Å². The predicted molar refractivity (Wildman–Crippen MR) is 85.7 cm³/mol. The molecule has 2 aromatic heterocycles. The van der Waals surface area contributed by atoms with Gasteiger partial charge in [0.1, 0.15) is 0 Å². The van der Waals surface area contributed by atoms with E-state index in [1.54, 1.807) is 28.3 Å². The first-order valence-electron chi connectivity index (χ1n) is 7.24. The normalized spacial score (nSPS) is 18.1. The molecule has 3 heterocycles. The van der Waals surface area contributed by atoms with Crippen molar-refractivity contribution in [3.8, 4) is 0 Å². The lowest BCUT2D eigenvalue weighted by Gasteiger charge is -2.08. The van der Waals surface area contributed by atoms with Crippen molar-refractivity contribution in [3.05, 3.63) is 34.6 Å². The molecule has 1 aliphatic heterocycles. The Balaban J connectivity index is 1.53. The first-order valence-corrected chi connectivity index (χ1v) is 8.12. The summed E-state index contributed by atoms with van der Waals surface area (Å²) in [5.74, 6) is -0.192. The summed E-state index contributed by atoms with van der Waals surface area (Å²) in [6.07, 6.45) is 9.06. The van der Waals surface area contributed by atoms with Gasteiger partial charge >= 0.3 is 0 Å². The Morgan fingerprint density at radius 3 is 3.27 bits per heavy atom. The van der Waals surface area contributed by atoms with Crippen LogP contribution in [-0.4, -0.2) is 33.4 Å². The van der Waals surface area contributed by atoms with E-state index in [0.717, 1.165) is 36.7 Å². The highest BCUT2D eigenvalue weighted by Crippen LogP contribution is 2.15. The maximum absolute atomic E-state index is 11.9. The molecule has 116 valence electrons. The van der Waals surface area contributed by atoms with Gasteiger partial charge in [-0.05, 0) is 25.8 Å². The number of carbonyl (C=O) groups excluding carboxylic acids is 1. The van der Waals surface area contributed by atoms with E-state index < -0.39 is 0 Å². The molecule has 1 atom stereocenters. The van der Waals surface area contributed by atoms with Gasteiger partial charge in [-0.2, -0.15) is 5.10 Å². The van der Waals surface area contributed by atoms with E-state index in [1.165, 1.54) is 6.08 Å². The topological polar surface area (TPSA) is 69.0 Å². The third kappa shape index (κ3) is 4.02. The van der Waals surface area contributed by atoms with Gasteiger partial charge in [0.15, 0.2) is 0 Å². The molecule has 0 saturated carbocycles. The quantitative estimate of drug-likeness (QED) is 0.860. The Labute approximate surface area is 132 Å². The maximum Gasteiger partial charge on any atom is 0.248 e. The van der Waals surface area contributed by atoms with Crippen LogP contribution in [0.2, 0.25) is 0 Å². The van der Waals surface area contributed by atoms with Crippen LogP contribution in [0.25, 0.3) is 6.08 Å². The summed E-state index contributed by atoms with van der Waals surface area (Å²) in [5, 5.41) is 9.93. The molecule has 3 rings (SSSR count). The summed E-state index contributed by atoms with van der Waals surface area (Å²) in [7, 11) is 0. The Morgan fingerprint density at radius 1 is 1.64 bits per heavy atom. The molecule has 0 bridgehead atoms. The molecule has 1 amide bonds. The first kappa shape index (κ1) is 14.9. The van der Waals surface area contributed by atoms with E-state index in [9.17, 15) is 4.79 Å². The summed E-state index contributed by atoms with van der Waals surface area (Å²) in [6.45, 7) is 3.49. The fourth-order valence-corrected chi connectivity index (χ4v) is 2.91. The molecule has 0 spiro atoms. The standard InChI is InChI=1S/C15H18N4O2S/c1-11-17-12(10-22-11)4-5-15(20)18-13-7-16-19(8-13)9-14-3-2-6-21-14/h4-5,7-8,10,14H,2-3,6,9H2,1H3,(H,18,20). The van der Waals surface area contributed by atoms with Crippen LogP contribution >= 0.6 is 11.3 Å². The van der Waals surface area contributed by atoms with Crippen molar-refractivity contribution < 1.29 is 9.53 Å². The monoisotopic (exact) mass is 318 g/mol. The zero-order chi connectivity index (χ0) is 15.4. The number of hydrogen-bond acceptors (Lipinski definition) is 5. The van der Waals surface area contributed by atoms with E-state index in [0.29, 0.717) is 5.69 Å². The summed E-state index contributed by atoms with van der Waals surface area (Å²) >= 11 is 1.56. The van der Waals surface area contributed by atoms with Gasteiger partial charge in [0.05, 0.1) is 35.2 Å². The third-order valence-corrected chi connectivity index (χ3v) is 4.15. The van der Waals surface area contributed by atoms with Crippen LogP contribution in [0.1, 0.15) is 23.5 Å². The average molecular weight is 318 g/mol. The lowest BCUT2D eigenvalue weighted by molar-refractivity contribution is -0.111. The number of aromatic nitrogens is 3. The maximum atomic E-state index is 11.9. The highest BCUT2D eigenvalue weighted by molar-refractivity contribution is 7.09. The second-order valence-electron chi connectivity index (χ2n) is 5.20. The molecule has 6 nitrogen and oxygen atoms in total. The molecular formula is C15H18N4O2S. The number of thiazole rings is 1. The predicted octanol–water partition coefficient (Wildman–Crippen LogP) is 2.48. The minimum absolute atomic E-state index is 0.192. The molecule has 7 heteroatoms. The van der Waals surface area contributed by atoms with Gasteiger partial charge < -0.3 is 10.1 Å². The SMILES string of the molecule is Cc1nc(C=CC(=O)Nc2cnn(CC3CCCO3)c2)cs1.